The molecule has 3 saturated heterocycles. The lowest BCUT2D eigenvalue weighted by atomic mass is 9.85. The Kier molecular flexibility index (Phi) is 7.71. The number of imidazole rings is 1. The number of amides is 2. The maximum atomic E-state index is 13.1. The Morgan fingerprint density at radius 2 is 1.47 bits per heavy atom. The van der Waals surface area contributed by atoms with E-state index in [0.717, 1.165) is 92.6 Å². The minimum absolute atomic E-state index is 0.166. The van der Waals surface area contributed by atoms with Crippen LogP contribution in [-0.4, -0.2) is 67.9 Å². The molecule has 10 nitrogen and oxygen atoms in total. The largest absolute Gasteiger partial charge is 0.371 e. The van der Waals surface area contributed by atoms with Crippen LogP contribution in [0.25, 0.3) is 27.8 Å². The first-order chi connectivity index (χ1) is 24.0. The minimum Gasteiger partial charge on any atom is -0.371 e. The molecule has 2 amide bonds. The van der Waals surface area contributed by atoms with Crippen LogP contribution in [0.3, 0.4) is 0 Å². The number of nitrogens with zero attached hydrogens (tertiary/aromatic N) is 6. The normalized spacial score (nSPS) is 22.1. The van der Waals surface area contributed by atoms with Crippen molar-refractivity contribution in [3.05, 3.63) is 82.3 Å². The highest BCUT2D eigenvalue weighted by molar-refractivity contribution is 6.01. The van der Waals surface area contributed by atoms with Gasteiger partial charge in [0.15, 0.2) is 5.52 Å². The smallest absolute Gasteiger partial charge is 0.300 e. The van der Waals surface area contributed by atoms with Crippen LogP contribution in [0.5, 0.6) is 0 Å². The molecule has 4 aliphatic rings. The van der Waals surface area contributed by atoms with E-state index in [9.17, 15) is 14.4 Å². The van der Waals surface area contributed by atoms with E-state index in [1.165, 1.54) is 24.1 Å². The molecule has 5 aromatic rings. The number of nitrogens with one attached hydrogen (secondary N) is 1. The Hall–Kier alpha value is -4.57. The average molecular weight is 658 g/mol. The standard InChI is InChI=1S/C39H43N7O3/c47-35-14-12-31(37(48)41-35)27-9-7-25(8-10-27)26-15-20-43(21-16-26)28-17-22-44(23-18-28)30-11-13-32-34(24-30)45(29-4-1-2-5-29)39-42-38(49)36-33(46(32)39)6-3-19-40-36/h3,6-11,13,19,24,26,28-29,31H,1-2,4-5,12,14-18,20-23H2,(H,41,47,48). The Balaban J connectivity index is 0.882. The minimum atomic E-state index is -0.258. The molecule has 4 fully saturated rings. The van der Waals surface area contributed by atoms with Crippen LogP contribution in [0.2, 0.25) is 0 Å². The quantitative estimate of drug-likeness (QED) is 0.243. The van der Waals surface area contributed by atoms with Crippen molar-refractivity contribution in [1.82, 2.24) is 29.2 Å². The fourth-order valence-corrected chi connectivity index (χ4v) is 9.26. The lowest BCUT2D eigenvalue weighted by Gasteiger charge is -2.42. The van der Waals surface area contributed by atoms with Crippen molar-refractivity contribution in [3.8, 4) is 0 Å². The van der Waals surface area contributed by atoms with Crippen molar-refractivity contribution in [2.75, 3.05) is 31.1 Å². The number of rotatable bonds is 5. The third kappa shape index (κ3) is 5.41. The number of carbonyl (C=O) groups is 2. The molecule has 3 aromatic heterocycles. The van der Waals surface area contributed by atoms with Gasteiger partial charge in [-0.15, -0.1) is 0 Å². The molecule has 3 aliphatic heterocycles. The Bertz CT molecular complexity index is 2110. The number of hydrogen-bond donors (Lipinski definition) is 1. The van der Waals surface area contributed by atoms with Gasteiger partial charge in [0.05, 0.1) is 22.5 Å². The molecule has 0 bridgehead atoms. The molecule has 2 aromatic carbocycles. The molecule has 10 heteroatoms. The predicted octanol–water partition coefficient (Wildman–Crippen LogP) is 5.68. The van der Waals surface area contributed by atoms with Crippen molar-refractivity contribution >= 4 is 45.3 Å². The number of anilines is 1. The molecular weight excluding hydrogens is 614 g/mol. The highest BCUT2D eigenvalue weighted by Gasteiger charge is 2.31. The van der Waals surface area contributed by atoms with Crippen molar-refractivity contribution < 1.29 is 9.59 Å². The van der Waals surface area contributed by atoms with Gasteiger partial charge in [0.2, 0.25) is 17.6 Å². The monoisotopic (exact) mass is 657 g/mol. The molecule has 1 unspecified atom stereocenters. The van der Waals surface area contributed by atoms with Gasteiger partial charge in [0, 0.05) is 43.5 Å². The molecule has 9 rings (SSSR count). The summed E-state index contributed by atoms with van der Waals surface area (Å²) in [6, 6.07) is 20.2. The summed E-state index contributed by atoms with van der Waals surface area (Å²) in [5.74, 6) is 0.721. The summed E-state index contributed by atoms with van der Waals surface area (Å²) in [5.41, 5.74) is 6.84. The molecule has 6 heterocycles. The molecule has 252 valence electrons. The fraction of sp³-hybridized carbons (Fsp3) is 0.462. The van der Waals surface area contributed by atoms with E-state index < -0.39 is 0 Å². The number of piperidine rings is 3. The highest BCUT2D eigenvalue weighted by atomic mass is 16.2. The summed E-state index contributed by atoms with van der Waals surface area (Å²) in [6.45, 7) is 4.30. The number of carbonyl (C=O) groups excluding carboxylic acids is 2. The number of fused-ring (bicyclic) bond motifs is 5. The van der Waals surface area contributed by atoms with E-state index in [2.05, 4.69) is 76.5 Å². The second-order valence-corrected chi connectivity index (χ2v) is 14.6. The number of aromatic nitrogens is 4. The molecule has 1 saturated carbocycles. The molecule has 1 atom stereocenters. The first-order valence-corrected chi connectivity index (χ1v) is 18.3. The zero-order valence-electron chi connectivity index (χ0n) is 27.9. The summed E-state index contributed by atoms with van der Waals surface area (Å²) in [4.78, 5) is 51.2. The van der Waals surface area contributed by atoms with E-state index in [0.29, 0.717) is 36.4 Å². The summed E-state index contributed by atoms with van der Waals surface area (Å²) < 4.78 is 4.49. The Labute approximate surface area is 285 Å². The Morgan fingerprint density at radius 3 is 2.22 bits per heavy atom. The number of imide groups is 1. The van der Waals surface area contributed by atoms with Gasteiger partial charge in [-0.05, 0) is 105 Å². The van der Waals surface area contributed by atoms with Crippen molar-refractivity contribution in [1.29, 1.82) is 0 Å². The number of hydrogen-bond acceptors (Lipinski definition) is 7. The number of likely N-dealkylation sites (tertiary alicyclic amines) is 1. The molecule has 49 heavy (non-hydrogen) atoms. The molecule has 0 radical (unpaired) electrons. The maximum absolute atomic E-state index is 13.1. The summed E-state index contributed by atoms with van der Waals surface area (Å²) >= 11 is 0. The van der Waals surface area contributed by atoms with Crippen molar-refractivity contribution in [2.45, 2.75) is 88.1 Å². The predicted molar refractivity (Wildman–Crippen MR) is 190 cm³/mol. The van der Waals surface area contributed by atoms with Gasteiger partial charge in [-0.2, -0.15) is 4.98 Å². The third-order valence-corrected chi connectivity index (χ3v) is 11.9. The van der Waals surface area contributed by atoms with E-state index in [4.69, 9.17) is 0 Å². The van der Waals surface area contributed by atoms with Gasteiger partial charge in [-0.3, -0.25) is 24.1 Å². The lowest BCUT2D eigenvalue weighted by Crippen LogP contribution is -2.47. The van der Waals surface area contributed by atoms with Gasteiger partial charge in [0.25, 0.3) is 0 Å². The highest BCUT2D eigenvalue weighted by Crippen LogP contribution is 2.38. The Morgan fingerprint density at radius 1 is 0.714 bits per heavy atom. The zero-order chi connectivity index (χ0) is 33.1. The van der Waals surface area contributed by atoms with Crippen LogP contribution in [0, 0.1) is 0 Å². The van der Waals surface area contributed by atoms with E-state index in [1.54, 1.807) is 6.20 Å². The zero-order valence-corrected chi connectivity index (χ0v) is 27.9. The second kappa shape index (κ2) is 12.4. The summed E-state index contributed by atoms with van der Waals surface area (Å²) in [6.07, 6.45) is 11.9. The first kappa shape index (κ1) is 30.5. The maximum Gasteiger partial charge on any atom is 0.300 e. The summed E-state index contributed by atoms with van der Waals surface area (Å²) in [5, 5.41) is 2.48. The molecule has 1 N–H and O–H groups in total. The third-order valence-electron chi connectivity index (χ3n) is 11.9. The first-order valence-electron chi connectivity index (χ1n) is 18.3. The van der Waals surface area contributed by atoms with Gasteiger partial charge >= 0.3 is 5.56 Å². The van der Waals surface area contributed by atoms with Crippen LogP contribution < -0.4 is 15.8 Å². The van der Waals surface area contributed by atoms with Crippen LogP contribution in [0.1, 0.15) is 93.2 Å². The lowest BCUT2D eigenvalue weighted by molar-refractivity contribution is -0.134. The van der Waals surface area contributed by atoms with Gasteiger partial charge in [0.1, 0.15) is 0 Å². The fourth-order valence-electron chi connectivity index (χ4n) is 9.26. The van der Waals surface area contributed by atoms with Crippen LogP contribution in [0.15, 0.2) is 65.6 Å². The average Bonchev–Trinajstić information content (AvgIpc) is 3.78. The van der Waals surface area contributed by atoms with Gasteiger partial charge in [-0.1, -0.05) is 37.1 Å². The van der Waals surface area contributed by atoms with E-state index >= 15 is 0 Å². The summed E-state index contributed by atoms with van der Waals surface area (Å²) in [7, 11) is 0. The van der Waals surface area contributed by atoms with E-state index in [-0.39, 0.29) is 23.3 Å². The second-order valence-electron chi connectivity index (χ2n) is 14.6. The van der Waals surface area contributed by atoms with Gasteiger partial charge < -0.3 is 14.4 Å². The number of pyridine rings is 1. The van der Waals surface area contributed by atoms with Gasteiger partial charge in [-0.25, -0.2) is 4.98 Å². The topological polar surface area (TPSA) is 105 Å². The van der Waals surface area contributed by atoms with Crippen molar-refractivity contribution in [3.63, 3.8) is 0 Å². The molecule has 1 aliphatic carbocycles. The van der Waals surface area contributed by atoms with E-state index in [1.807, 2.05) is 12.1 Å². The van der Waals surface area contributed by atoms with Crippen LogP contribution in [-0.2, 0) is 9.59 Å². The SMILES string of the molecule is O=C1CCC(c2ccc(C3CCN(C4CCN(c5ccc6c(c5)n(C5CCCC5)c5nc(=O)c7ncccc7n65)CC4)CC3)cc2)C(=O)N1. The molecular formula is C39H43N7O3. The van der Waals surface area contributed by atoms with Crippen LogP contribution >= 0.6 is 0 Å². The molecule has 0 spiro atoms. The van der Waals surface area contributed by atoms with Crippen LogP contribution in [0.4, 0.5) is 5.69 Å². The van der Waals surface area contributed by atoms with Crippen molar-refractivity contribution in [2.24, 2.45) is 0 Å². The number of benzene rings is 2.